The molecule has 2 aromatic rings. The second-order valence-corrected chi connectivity index (χ2v) is 6.01. The van der Waals surface area contributed by atoms with Gasteiger partial charge in [0.2, 0.25) is 0 Å². The highest BCUT2D eigenvalue weighted by Crippen LogP contribution is 2.15. The first kappa shape index (κ1) is 17.3. The summed E-state index contributed by atoms with van der Waals surface area (Å²) in [6.45, 7) is 6.63. The van der Waals surface area contributed by atoms with Gasteiger partial charge in [-0.15, -0.1) is 0 Å². The van der Waals surface area contributed by atoms with Crippen molar-refractivity contribution in [2.75, 3.05) is 5.32 Å². The number of carbonyl (C=O) groups is 1. The summed E-state index contributed by atoms with van der Waals surface area (Å²) in [4.78, 5) is 24.8. The van der Waals surface area contributed by atoms with Crippen LogP contribution in [0.15, 0.2) is 35.1 Å². The number of unbranched alkanes of at least 4 members (excludes halogenated alkanes) is 1. The van der Waals surface area contributed by atoms with E-state index < -0.39 is 0 Å². The fourth-order valence-corrected chi connectivity index (χ4v) is 2.71. The Morgan fingerprint density at radius 3 is 2.48 bits per heavy atom. The molecule has 0 radical (unpaired) electrons. The largest absolute Gasteiger partial charge is 0.348 e. The Morgan fingerprint density at radius 2 is 1.87 bits per heavy atom. The van der Waals surface area contributed by atoms with Crippen LogP contribution in [0.5, 0.6) is 0 Å². The van der Waals surface area contributed by atoms with E-state index in [1.165, 1.54) is 6.07 Å². The summed E-state index contributed by atoms with van der Waals surface area (Å²) in [7, 11) is 0. The van der Waals surface area contributed by atoms with Gasteiger partial charge < -0.3 is 9.88 Å². The topological polar surface area (TPSA) is 51.1 Å². The predicted octanol–water partition coefficient (Wildman–Crippen LogP) is 4.17. The molecule has 4 nitrogen and oxygen atoms in total. The number of anilines is 1. The number of hydrogen-bond acceptors (Lipinski definition) is 2. The van der Waals surface area contributed by atoms with E-state index in [1.54, 1.807) is 24.3 Å². The number of rotatable bonds is 5. The van der Waals surface area contributed by atoms with Gasteiger partial charge in [0.05, 0.1) is 0 Å². The third-order valence-corrected chi connectivity index (χ3v) is 4.10. The molecule has 2 rings (SSSR count). The number of nitrogens with one attached hydrogen (secondary N) is 1. The number of pyridine rings is 1. The molecule has 0 aliphatic heterocycles. The minimum atomic E-state index is -0.389. The van der Waals surface area contributed by atoms with Crippen molar-refractivity contribution in [2.24, 2.45) is 0 Å². The quantitative estimate of drug-likeness (QED) is 0.893. The molecule has 0 unspecified atom stereocenters. The standard InChI is InChI=1S/C18H21ClN2O2/c1-4-5-10-21-12(2)11-16(22)17(13(21)3)18(23)20-15-8-6-14(19)7-9-15/h6-9,11H,4-5,10H2,1-3H3,(H,20,23). The van der Waals surface area contributed by atoms with Crippen molar-refractivity contribution in [3.8, 4) is 0 Å². The summed E-state index contributed by atoms with van der Waals surface area (Å²) in [6.07, 6.45) is 2.06. The van der Waals surface area contributed by atoms with Crippen LogP contribution in [0, 0.1) is 13.8 Å². The van der Waals surface area contributed by atoms with Crippen LogP contribution in [0.3, 0.4) is 0 Å². The number of benzene rings is 1. The molecule has 1 aromatic heterocycles. The fraction of sp³-hybridized carbons (Fsp3) is 0.333. The van der Waals surface area contributed by atoms with Crippen LogP contribution >= 0.6 is 11.6 Å². The van der Waals surface area contributed by atoms with Crippen molar-refractivity contribution in [1.29, 1.82) is 0 Å². The summed E-state index contributed by atoms with van der Waals surface area (Å²) in [5.41, 5.74) is 2.14. The lowest BCUT2D eigenvalue weighted by molar-refractivity contribution is 0.102. The summed E-state index contributed by atoms with van der Waals surface area (Å²) >= 11 is 5.84. The third kappa shape index (κ3) is 4.02. The van der Waals surface area contributed by atoms with E-state index in [0.29, 0.717) is 16.4 Å². The van der Waals surface area contributed by atoms with Gasteiger partial charge in [-0.2, -0.15) is 0 Å². The van der Waals surface area contributed by atoms with Crippen LogP contribution in [0.4, 0.5) is 5.69 Å². The maximum absolute atomic E-state index is 12.5. The molecule has 1 N–H and O–H groups in total. The van der Waals surface area contributed by atoms with Crippen molar-refractivity contribution in [2.45, 2.75) is 40.2 Å². The van der Waals surface area contributed by atoms with E-state index in [4.69, 9.17) is 11.6 Å². The fourth-order valence-electron chi connectivity index (χ4n) is 2.58. The molecular formula is C18H21ClN2O2. The SMILES string of the molecule is CCCCn1c(C)cc(=O)c(C(=O)Nc2ccc(Cl)cc2)c1C. The summed E-state index contributed by atoms with van der Waals surface area (Å²) in [5, 5.41) is 3.35. The molecule has 1 amide bonds. The molecule has 5 heteroatoms. The average Bonchev–Trinajstić information content (AvgIpc) is 2.49. The Hall–Kier alpha value is -2.07. The van der Waals surface area contributed by atoms with E-state index in [1.807, 2.05) is 18.4 Å². The van der Waals surface area contributed by atoms with Gasteiger partial charge in [0.1, 0.15) is 5.56 Å². The molecule has 0 spiro atoms. The smallest absolute Gasteiger partial charge is 0.261 e. The van der Waals surface area contributed by atoms with Crippen molar-refractivity contribution in [3.63, 3.8) is 0 Å². The minimum Gasteiger partial charge on any atom is -0.348 e. The van der Waals surface area contributed by atoms with Gasteiger partial charge in [-0.3, -0.25) is 9.59 Å². The molecule has 0 atom stereocenters. The number of aromatic nitrogens is 1. The molecule has 0 fully saturated rings. The normalized spacial score (nSPS) is 10.6. The third-order valence-electron chi connectivity index (χ3n) is 3.84. The number of hydrogen-bond donors (Lipinski definition) is 1. The molecule has 0 aliphatic carbocycles. The Bertz CT molecular complexity index is 764. The zero-order chi connectivity index (χ0) is 17.0. The molecule has 1 heterocycles. The highest BCUT2D eigenvalue weighted by Gasteiger charge is 2.17. The lowest BCUT2D eigenvalue weighted by Gasteiger charge is -2.17. The van der Waals surface area contributed by atoms with Crippen LogP contribution in [0.25, 0.3) is 0 Å². The average molecular weight is 333 g/mol. The van der Waals surface area contributed by atoms with Gasteiger partial charge in [0, 0.05) is 34.7 Å². The number of amides is 1. The zero-order valence-corrected chi connectivity index (χ0v) is 14.4. The van der Waals surface area contributed by atoms with Crippen molar-refractivity contribution >= 4 is 23.2 Å². The van der Waals surface area contributed by atoms with Crippen molar-refractivity contribution in [3.05, 3.63) is 62.5 Å². The van der Waals surface area contributed by atoms with Gasteiger partial charge in [0.25, 0.3) is 5.91 Å². The van der Waals surface area contributed by atoms with E-state index >= 15 is 0 Å². The predicted molar refractivity (Wildman–Crippen MR) is 94.5 cm³/mol. The second-order valence-electron chi connectivity index (χ2n) is 5.58. The van der Waals surface area contributed by atoms with E-state index in [-0.39, 0.29) is 16.9 Å². The maximum atomic E-state index is 12.5. The Kier molecular flexibility index (Phi) is 5.61. The molecule has 1 aromatic carbocycles. The summed E-state index contributed by atoms with van der Waals surface area (Å²) in [6, 6.07) is 8.33. The second kappa shape index (κ2) is 7.47. The molecule has 0 saturated heterocycles. The van der Waals surface area contributed by atoms with Gasteiger partial charge in [-0.25, -0.2) is 0 Å². The number of halogens is 1. The molecule has 23 heavy (non-hydrogen) atoms. The van der Waals surface area contributed by atoms with Crippen LogP contribution in [-0.2, 0) is 6.54 Å². The van der Waals surface area contributed by atoms with E-state index in [2.05, 4.69) is 12.2 Å². The molecule has 0 saturated carbocycles. The first-order valence-corrected chi connectivity index (χ1v) is 8.09. The van der Waals surface area contributed by atoms with Gasteiger partial charge in [-0.1, -0.05) is 24.9 Å². The lowest BCUT2D eigenvalue weighted by atomic mass is 10.1. The number of nitrogens with zero attached hydrogens (tertiary/aromatic N) is 1. The Morgan fingerprint density at radius 1 is 1.22 bits per heavy atom. The van der Waals surface area contributed by atoms with Crippen LogP contribution in [-0.4, -0.2) is 10.5 Å². The lowest BCUT2D eigenvalue weighted by Crippen LogP contribution is -2.27. The molecule has 0 aliphatic rings. The minimum absolute atomic E-state index is 0.196. The molecule has 0 bridgehead atoms. The summed E-state index contributed by atoms with van der Waals surface area (Å²) in [5.74, 6) is -0.389. The highest BCUT2D eigenvalue weighted by atomic mass is 35.5. The van der Waals surface area contributed by atoms with Crippen molar-refractivity contribution < 1.29 is 4.79 Å². The first-order chi connectivity index (χ1) is 10.9. The van der Waals surface area contributed by atoms with Crippen LogP contribution in [0.1, 0.15) is 41.5 Å². The zero-order valence-electron chi connectivity index (χ0n) is 13.6. The maximum Gasteiger partial charge on any atom is 0.261 e. The van der Waals surface area contributed by atoms with Gasteiger partial charge in [-0.05, 0) is 44.5 Å². The van der Waals surface area contributed by atoms with Gasteiger partial charge in [0.15, 0.2) is 5.43 Å². The summed E-state index contributed by atoms with van der Waals surface area (Å²) < 4.78 is 2.03. The van der Waals surface area contributed by atoms with Crippen LogP contribution < -0.4 is 10.7 Å². The van der Waals surface area contributed by atoms with Crippen LogP contribution in [0.2, 0.25) is 5.02 Å². The van der Waals surface area contributed by atoms with E-state index in [9.17, 15) is 9.59 Å². The highest BCUT2D eigenvalue weighted by molar-refractivity contribution is 6.30. The molecular weight excluding hydrogens is 312 g/mol. The van der Waals surface area contributed by atoms with E-state index in [0.717, 1.165) is 25.1 Å². The number of aryl methyl sites for hydroxylation is 1. The first-order valence-electron chi connectivity index (χ1n) is 7.72. The monoisotopic (exact) mass is 332 g/mol. The number of carbonyl (C=O) groups excluding carboxylic acids is 1. The van der Waals surface area contributed by atoms with Crippen molar-refractivity contribution in [1.82, 2.24) is 4.57 Å². The Labute approximate surface area is 141 Å². The Balaban J connectivity index is 2.35. The van der Waals surface area contributed by atoms with Gasteiger partial charge >= 0.3 is 0 Å². The molecule has 122 valence electrons.